The lowest BCUT2D eigenvalue weighted by Crippen LogP contribution is -2.44. The molecule has 1 atom stereocenters. The van der Waals surface area contributed by atoms with Crippen LogP contribution in [0.3, 0.4) is 0 Å². The lowest BCUT2D eigenvalue weighted by Gasteiger charge is -2.16. The molecule has 0 heterocycles. The van der Waals surface area contributed by atoms with Gasteiger partial charge in [0.05, 0.1) is 25.9 Å². The molecule has 0 spiro atoms. The molecule has 1 aromatic rings. The maximum absolute atomic E-state index is 11.7. The molecule has 1 aliphatic rings. The van der Waals surface area contributed by atoms with Crippen molar-refractivity contribution in [1.29, 1.82) is 0 Å². The zero-order chi connectivity index (χ0) is 14.8. The van der Waals surface area contributed by atoms with E-state index in [1.165, 1.54) is 14.2 Å². The summed E-state index contributed by atoms with van der Waals surface area (Å²) < 4.78 is 10.3. The van der Waals surface area contributed by atoms with E-state index in [0.29, 0.717) is 29.9 Å². The molecule has 1 aromatic carbocycles. The van der Waals surface area contributed by atoms with Crippen LogP contribution in [0.5, 0.6) is 11.5 Å². The quantitative estimate of drug-likeness (QED) is 0.720. The van der Waals surface area contributed by atoms with Gasteiger partial charge in [0.1, 0.15) is 11.5 Å². The van der Waals surface area contributed by atoms with Crippen LogP contribution in [-0.4, -0.2) is 37.3 Å². The summed E-state index contributed by atoms with van der Waals surface area (Å²) in [6.07, 6.45) is 0.550. The third kappa shape index (κ3) is 4.23. The van der Waals surface area contributed by atoms with Gasteiger partial charge in [0.15, 0.2) is 0 Å². The number of hydrogen-bond acceptors (Lipinski definition) is 5. The first-order valence-corrected chi connectivity index (χ1v) is 6.47. The van der Waals surface area contributed by atoms with Crippen LogP contribution in [0.4, 0.5) is 0 Å². The summed E-state index contributed by atoms with van der Waals surface area (Å²) in [5.74, 6) is 0.954. The third-order valence-electron chi connectivity index (χ3n) is 3.46. The van der Waals surface area contributed by atoms with Crippen LogP contribution in [0.1, 0.15) is 24.5 Å². The fourth-order valence-corrected chi connectivity index (χ4v) is 1.87. The molecule has 1 unspecified atom stereocenters. The molecule has 21 heavy (non-hydrogen) atoms. The smallest absolute Gasteiger partial charge is 0.240 e. The van der Waals surface area contributed by atoms with Gasteiger partial charge >= 0.3 is 0 Å². The van der Waals surface area contributed by atoms with E-state index in [4.69, 9.17) is 15.2 Å². The highest BCUT2D eigenvalue weighted by molar-refractivity contribution is 5.88. The Bertz CT molecular complexity index is 483. The first-order valence-electron chi connectivity index (χ1n) is 6.47. The van der Waals surface area contributed by atoms with Gasteiger partial charge in [-0.25, -0.2) is 0 Å². The van der Waals surface area contributed by atoms with Gasteiger partial charge in [-0.05, 0) is 30.5 Å². The molecule has 4 N–H and O–H groups in total. The van der Waals surface area contributed by atoms with Gasteiger partial charge in [-0.3, -0.25) is 4.79 Å². The number of nitrogens with one attached hydrogen (secondary N) is 1. The molecule has 2 rings (SSSR count). The van der Waals surface area contributed by atoms with Gasteiger partial charge in [-0.1, -0.05) is 0 Å². The van der Waals surface area contributed by atoms with Crippen molar-refractivity contribution in [2.45, 2.75) is 24.5 Å². The predicted octanol–water partition coefficient (Wildman–Crippen LogP) is 0.766. The van der Waals surface area contributed by atoms with E-state index in [2.05, 4.69) is 5.32 Å². The number of halogens is 1. The van der Waals surface area contributed by atoms with E-state index >= 15 is 0 Å². The minimum atomic E-state index is -0.842. The van der Waals surface area contributed by atoms with Crippen molar-refractivity contribution < 1.29 is 19.4 Å². The largest absolute Gasteiger partial charge is 0.497 e. The van der Waals surface area contributed by atoms with Gasteiger partial charge in [0, 0.05) is 12.6 Å². The molecule has 0 saturated heterocycles. The van der Waals surface area contributed by atoms with Crippen LogP contribution in [0.2, 0.25) is 0 Å². The van der Waals surface area contributed by atoms with Crippen molar-refractivity contribution in [2.24, 2.45) is 5.73 Å². The van der Waals surface area contributed by atoms with E-state index in [-0.39, 0.29) is 24.9 Å². The molecule has 1 saturated carbocycles. The minimum absolute atomic E-state index is 0. The number of aliphatic hydroxyl groups is 1. The van der Waals surface area contributed by atoms with Crippen molar-refractivity contribution in [3.05, 3.63) is 23.8 Å². The number of carbonyl (C=O) groups is 1. The van der Waals surface area contributed by atoms with E-state index < -0.39 is 11.6 Å². The molecule has 0 radical (unpaired) electrons. The Labute approximate surface area is 130 Å². The van der Waals surface area contributed by atoms with Gasteiger partial charge in [-0.2, -0.15) is 0 Å². The summed E-state index contributed by atoms with van der Waals surface area (Å²) in [5, 5.41) is 12.8. The van der Waals surface area contributed by atoms with Gasteiger partial charge in [0.25, 0.3) is 0 Å². The number of rotatable bonds is 6. The first kappa shape index (κ1) is 17.6. The summed E-state index contributed by atoms with van der Waals surface area (Å²) in [6, 6.07) is 5.12. The third-order valence-corrected chi connectivity index (χ3v) is 3.46. The molecule has 1 amide bonds. The Hall–Kier alpha value is -1.50. The molecule has 118 valence electrons. The number of aliphatic hydroxyl groups excluding tert-OH is 1. The second kappa shape index (κ2) is 6.98. The summed E-state index contributed by atoms with van der Waals surface area (Å²) in [4.78, 5) is 11.7. The Morgan fingerprint density at radius 2 is 1.86 bits per heavy atom. The first-order chi connectivity index (χ1) is 9.48. The molecule has 0 aromatic heterocycles. The topological polar surface area (TPSA) is 93.8 Å². The summed E-state index contributed by atoms with van der Waals surface area (Å²) in [7, 11) is 3.08. The highest BCUT2D eigenvalue weighted by Crippen LogP contribution is 2.32. The van der Waals surface area contributed by atoms with E-state index in [1.807, 2.05) is 0 Å². The Balaban J connectivity index is 0.00000220. The Morgan fingerprint density at radius 1 is 1.33 bits per heavy atom. The molecule has 1 fully saturated rings. The summed E-state index contributed by atoms with van der Waals surface area (Å²) >= 11 is 0. The van der Waals surface area contributed by atoms with Crippen molar-refractivity contribution in [3.63, 3.8) is 0 Å². The average molecular weight is 317 g/mol. The van der Waals surface area contributed by atoms with Gasteiger partial charge in [-0.15, -0.1) is 12.4 Å². The second-order valence-corrected chi connectivity index (χ2v) is 5.03. The van der Waals surface area contributed by atoms with Crippen LogP contribution in [-0.2, 0) is 4.79 Å². The fraction of sp³-hybridized carbons (Fsp3) is 0.500. The molecule has 6 nitrogen and oxygen atoms in total. The van der Waals surface area contributed by atoms with E-state index in [0.717, 1.165) is 0 Å². The summed E-state index contributed by atoms with van der Waals surface area (Å²) in [5.41, 5.74) is 5.66. The molecule has 1 aliphatic carbocycles. The minimum Gasteiger partial charge on any atom is -0.497 e. The van der Waals surface area contributed by atoms with Crippen molar-refractivity contribution >= 4 is 18.3 Å². The number of nitrogens with two attached hydrogens (primary N) is 1. The van der Waals surface area contributed by atoms with Crippen LogP contribution in [0.15, 0.2) is 18.2 Å². The highest BCUT2D eigenvalue weighted by Gasteiger charge is 2.45. The van der Waals surface area contributed by atoms with Crippen molar-refractivity contribution in [3.8, 4) is 11.5 Å². The number of hydrogen-bond donors (Lipinski definition) is 3. The van der Waals surface area contributed by atoms with E-state index in [9.17, 15) is 9.90 Å². The van der Waals surface area contributed by atoms with Crippen LogP contribution in [0, 0.1) is 0 Å². The fourth-order valence-electron chi connectivity index (χ4n) is 1.87. The van der Waals surface area contributed by atoms with Crippen molar-refractivity contribution in [2.75, 3.05) is 20.8 Å². The molecule has 0 bridgehead atoms. The SMILES string of the molecule is COc1cc(OC)cc(C(O)CNC(=O)C2(N)CC2)c1.Cl. The number of methoxy groups -OCH3 is 2. The normalized spacial score (nSPS) is 16.4. The molecular formula is C14H21ClN2O4. The van der Waals surface area contributed by atoms with Crippen molar-refractivity contribution in [1.82, 2.24) is 5.32 Å². The average Bonchev–Trinajstić information content (AvgIpc) is 3.22. The Kier molecular flexibility index (Phi) is 5.83. The van der Waals surface area contributed by atoms with Crippen LogP contribution in [0.25, 0.3) is 0 Å². The summed E-state index contributed by atoms with van der Waals surface area (Å²) in [6.45, 7) is 0.105. The monoisotopic (exact) mass is 316 g/mol. The molecular weight excluding hydrogens is 296 g/mol. The zero-order valence-electron chi connectivity index (χ0n) is 12.1. The number of amides is 1. The van der Waals surface area contributed by atoms with Gasteiger partial charge < -0.3 is 25.6 Å². The Morgan fingerprint density at radius 3 is 2.29 bits per heavy atom. The maximum Gasteiger partial charge on any atom is 0.240 e. The van der Waals surface area contributed by atoms with E-state index in [1.54, 1.807) is 18.2 Å². The van der Waals surface area contributed by atoms with Crippen LogP contribution < -0.4 is 20.5 Å². The van der Waals surface area contributed by atoms with Crippen LogP contribution >= 0.6 is 12.4 Å². The standard InChI is InChI=1S/C14H20N2O4.ClH/c1-19-10-5-9(6-11(7-10)20-2)12(17)8-16-13(18)14(15)3-4-14;/h5-7,12,17H,3-4,8,15H2,1-2H3,(H,16,18);1H. The number of carbonyl (C=O) groups excluding carboxylic acids is 1. The lowest BCUT2D eigenvalue weighted by molar-refractivity contribution is -0.123. The highest BCUT2D eigenvalue weighted by atomic mass is 35.5. The van der Waals surface area contributed by atoms with Gasteiger partial charge in [0.2, 0.25) is 5.91 Å². The second-order valence-electron chi connectivity index (χ2n) is 5.03. The molecule has 0 aliphatic heterocycles. The number of ether oxygens (including phenoxy) is 2. The number of benzene rings is 1. The molecule has 7 heteroatoms. The maximum atomic E-state index is 11.7. The predicted molar refractivity (Wildman–Crippen MR) is 80.9 cm³/mol. The zero-order valence-corrected chi connectivity index (χ0v) is 12.9. The lowest BCUT2D eigenvalue weighted by atomic mass is 10.1.